The Morgan fingerprint density at radius 3 is 2.39 bits per heavy atom. The molecule has 104 valence electrons. The highest BCUT2D eigenvalue weighted by Crippen LogP contribution is 2.46. The molecule has 0 radical (unpaired) electrons. The summed E-state index contributed by atoms with van der Waals surface area (Å²) in [4.78, 5) is 5.75. The van der Waals surface area contributed by atoms with Gasteiger partial charge in [-0.25, -0.2) is 0 Å². The molecule has 1 aromatic heterocycles. The van der Waals surface area contributed by atoms with E-state index in [4.69, 9.17) is 0 Å². The smallest absolute Gasteiger partial charge is 0.0470 e. The maximum Gasteiger partial charge on any atom is 0.0470 e. The molecule has 1 saturated carbocycles. The number of rotatable bonds is 3. The van der Waals surface area contributed by atoms with Gasteiger partial charge < -0.3 is 5.32 Å². The Morgan fingerprint density at radius 2 is 1.89 bits per heavy atom. The topological polar surface area (TPSA) is 15.3 Å². The van der Waals surface area contributed by atoms with E-state index in [0.29, 0.717) is 0 Å². The SMILES string of the molecule is Cc1ccc([C@@H](C2CC2)N2CCNCC2)s1.Cl.Cl. The summed E-state index contributed by atoms with van der Waals surface area (Å²) in [5.74, 6) is 0.941. The minimum atomic E-state index is 0. The first-order valence-corrected chi connectivity index (χ1v) is 7.17. The van der Waals surface area contributed by atoms with Crippen molar-refractivity contribution in [3.8, 4) is 0 Å². The van der Waals surface area contributed by atoms with Crippen LogP contribution >= 0.6 is 36.2 Å². The van der Waals surface area contributed by atoms with E-state index in [-0.39, 0.29) is 24.8 Å². The molecule has 2 aliphatic rings. The second kappa shape index (κ2) is 7.11. The molecule has 1 aliphatic carbocycles. The van der Waals surface area contributed by atoms with Crippen LogP contribution in [0, 0.1) is 12.8 Å². The van der Waals surface area contributed by atoms with Crippen LogP contribution in [-0.2, 0) is 0 Å². The van der Waals surface area contributed by atoms with Crippen LogP contribution < -0.4 is 5.32 Å². The van der Waals surface area contributed by atoms with Crippen LogP contribution in [-0.4, -0.2) is 31.1 Å². The molecule has 0 aromatic carbocycles. The van der Waals surface area contributed by atoms with E-state index in [9.17, 15) is 0 Å². The molecule has 1 aliphatic heterocycles. The molecule has 2 heterocycles. The van der Waals surface area contributed by atoms with Crippen molar-refractivity contribution >= 4 is 36.2 Å². The van der Waals surface area contributed by atoms with Crippen molar-refractivity contribution in [1.29, 1.82) is 0 Å². The standard InChI is InChI=1S/C13H20N2S.2ClH/c1-10-2-5-12(16-10)13(11-3-4-11)15-8-6-14-7-9-15;;/h2,5,11,13-14H,3-4,6-9H2,1H3;2*1H/t13-;;/m1../s1. The molecular formula is C13H22Cl2N2S. The van der Waals surface area contributed by atoms with Crippen LogP contribution in [0.3, 0.4) is 0 Å². The lowest BCUT2D eigenvalue weighted by molar-refractivity contribution is 0.158. The fourth-order valence-corrected chi connectivity index (χ4v) is 3.80. The van der Waals surface area contributed by atoms with Gasteiger partial charge in [0.2, 0.25) is 0 Å². The Hall–Kier alpha value is 0.200. The number of hydrogen-bond donors (Lipinski definition) is 1. The summed E-state index contributed by atoms with van der Waals surface area (Å²) in [6.07, 6.45) is 2.87. The molecule has 2 fully saturated rings. The van der Waals surface area contributed by atoms with Crippen LogP contribution in [0.4, 0.5) is 0 Å². The zero-order chi connectivity index (χ0) is 11.0. The molecular weight excluding hydrogens is 287 g/mol. The largest absolute Gasteiger partial charge is 0.314 e. The number of nitrogens with zero attached hydrogens (tertiary/aromatic N) is 1. The van der Waals surface area contributed by atoms with Crippen molar-refractivity contribution in [2.24, 2.45) is 5.92 Å². The van der Waals surface area contributed by atoms with Crippen LogP contribution in [0.15, 0.2) is 12.1 Å². The summed E-state index contributed by atoms with van der Waals surface area (Å²) >= 11 is 2.00. The Labute approximate surface area is 126 Å². The van der Waals surface area contributed by atoms with Gasteiger partial charge in [0.15, 0.2) is 0 Å². The van der Waals surface area contributed by atoms with E-state index in [0.717, 1.165) is 25.0 Å². The highest BCUT2D eigenvalue weighted by molar-refractivity contribution is 7.12. The van der Waals surface area contributed by atoms with Crippen LogP contribution in [0.2, 0.25) is 0 Å². The number of thiophene rings is 1. The normalized spacial score (nSPS) is 21.8. The molecule has 5 heteroatoms. The summed E-state index contributed by atoms with van der Waals surface area (Å²) in [5.41, 5.74) is 0. The zero-order valence-electron chi connectivity index (χ0n) is 10.7. The van der Waals surface area contributed by atoms with E-state index >= 15 is 0 Å². The molecule has 0 bridgehead atoms. The predicted octanol–water partition coefficient (Wildman–Crippen LogP) is 3.26. The Morgan fingerprint density at radius 1 is 1.22 bits per heavy atom. The fourth-order valence-electron chi connectivity index (χ4n) is 2.70. The molecule has 1 saturated heterocycles. The van der Waals surface area contributed by atoms with Gasteiger partial charge in [0.25, 0.3) is 0 Å². The quantitative estimate of drug-likeness (QED) is 0.922. The third-order valence-corrected chi connectivity index (χ3v) is 4.74. The minimum Gasteiger partial charge on any atom is -0.314 e. The predicted molar refractivity (Wildman–Crippen MR) is 83.5 cm³/mol. The average molecular weight is 309 g/mol. The maximum atomic E-state index is 3.45. The van der Waals surface area contributed by atoms with Gasteiger partial charge >= 0.3 is 0 Å². The van der Waals surface area contributed by atoms with Crippen LogP contribution in [0.5, 0.6) is 0 Å². The first-order chi connectivity index (χ1) is 7.84. The lowest BCUT2D eigenvalue weighted by atomic mass is 10.1. The highest BCUT2D eigenvalue weighted by atomic mass is 35.5. The van der Waals surface area contributed by atoms with E-state index in [1.807, 2.05) is 11.3 Å². The molecule has 1 aromatic rings. The molecule has 1 N–H and O–H groups in total. The number of hydrogen-bond acceptors (Lipinski definition) is 3. The van der Waals surface area contributed by atoms with E-state index in [1.165, 1.54) is 30.8 Å². The number of nitrogens with one attached hydrogen (secondary N) is 1. The maximum absolute atomic E-state index is 3.45. The summed E-state index contributed by atoms with van der Waals surface area (Å²) in [6.45, 7) is 6.98. The second-order valence-electron chi connectivity index (χ2n) is 5.02. The van der Waals surface area contributed by atoms with Gasteiger partial charge in [0.1, 0.15) is 0 Å². The van der Waals surface area contributed by atoms with Gasteiger partial charge in [-0.3, -0.25) is 4.90 Å². The molecule has 1 atom stereocenters. The van der Waals surface area contributed by atoms with Crippen LogP contribution in [0.1, 0.15) is 28.6 Å². The summed E-state index contributed by atoms with van der Waals surface area (Å²) in [6, 6.07) is 5.35. The number of aryl methyl sites for hydroxylation is 1. The Balaban J connectivity index is 0.000000810. The zero-order valence-corrected chi connectivity index (χ0v) is 13.2. The lowest BCUT2D eigenvalue weighted by Gasteiger charge is -2.34. The van der Waals surface area contributed by atoms with Crippen molar-refractivity contribution in [3.63, 3.8) is 0 Å². The highest BCUT2D eigenvalue weighted by Gasteiger charge is 2.37. The van der Waals surface area contributed by atoms with Crippen molar-refractivity contribution in [2.45, 2.75) is 25.8 Å². The summed E-state index contributed by atoms with van der Waals surface area (Å²) in [5, 5.41) is 3.45. The Bertz CT molecular complexity index is 360. The first-order valence-electron chi connectivity index (χ1n) is 6.36. The minimum absolute atomic E-state index is 0. The van der Waals surface area contributed by atoms with Gasteiger partial charge in [-0.1, -0.05) is 0 Å². The fraction of sp³-hybridized carbons (Fsp3) is 0.692. The molecule has 0 amide bonds. The molecule has 0 spiro atoms. The lowest BCUT2D eigenvalue weighted by Crippen LogP contribution is -2.45. The Kier molecular flexibility index (Phi) is 6.42. The third-order valence-electron chi connectivity index (χ3n) is 3.67. The van der Waals surface area contributed by atoms with Gasteiger partial charge in [0, 0.05) is 42.0 Å². The first kappa shape index (κ1) is 16.3. The van der Waals surface area contributed by atoms with Crippen LogP contribution in [0.25, 0.3) is 0 Å². The van der Waals surface area contributed by atoms with Gasteiger partial charge in [-0.05, 0) is 37.8 Å². The number of piperazine rings is 1. The van der Waals surface area contributed by atoms with Crippen molar-refractivity contribution in [2.75, 3.05) is 26.2 Å². The molecule has 3 rings (SSSR count). The van der Waals surface area contributed by atoms with Crippen molar-refractivity contribution < 1.29 is 0 Å². The second-order valence-corrected chi connectivity index (χ2v) is 6.34. The van der Waals surface area contributed by atoms with E-state index in [1.54, 1.807) is 4.88 Å². The summed E-state index contributed by atoms with van der Waals surface area (Å²) < 4.78 is 0. The average Bonchev–Trinajstić information content (AvgIpc) is 3.04. The van der Waals surface area contributed by atoms with Crippen molar-refractivity contribution in [1.82, 2.24) is 10.2 Å². The third kappa shape index (κ3) is 3.61. The van der Waals surface area contributed by atoms with Gasteiger partial charge in [-0.15, -0.1) is 36.2 Å². The summed E-state index contributed by atoms with van der Waals surface area (Å²) in [7, 11) is 0. The van der Waals surface area contributed by atoms with Gasteiger partial charge in [0.05, 0.1) is 0 Å². The monoisotopic (exact) mass is 308 g/mol. The van der Waals surface area contributed by atoms with E-state index < -0.39 is 0 Å². The molecule has 18 heavy (non-hydrogen) atoms. The van der Waals surface area contributed by atoms with Gasteiger partial charge in [-0.2, -0.15) is 0 Å². The van der Waals surface area contributed by atoms with Crippen molar-refractivity contribution in [3.05, 3.63) is 21.9 Å². The molecule has 0 unspecified atom stereocenters. The number of halogens is 2. The van der Waals surface area contributed by atoms with E-state index in [2.05, 4.69) is 29.3 Å². The molecule has 2 nitrogen and oxygen atoms in total.